The molecule has 0 spiro atoms. The summed E-state index contributed by atoms with van der Waals surface area (Å²) in [6.45, 7) is 0.551. The van der Waals surface area contributed by atoms with E-state index in [9.17, 15) is 4.79 Å². The van der Waals surface area contributed by atoms with Crippen LogP contribution < -0.4 is 5.32 Å². The summed E-state index contributed by atoms with van der Waals surface area (Å²) in [4.78, 5) is 18.7. The fourth-order valence-electron chi connectivity index (χ4n) is 3.44. The summed E-state index contributed by atoms with van der Waals surface area (Å²) in [6.07, 6.45) is 5.55. The van der Waals surface area contributed by atoms with Gasteiger partial charge in [0.2, 0.25) is 0 Å². The molecule has 1 amide bonds. The van der Waals surface area contributed by atoms with Gasteiger partial charge in [0.15, 0.2) is 4.96 Å². The average Bonchev–Trinajstić information content (AvgIpc) is 3.52. The Bertz CT molecular complexity index is 1260. The fourth-order valence-corrected chi connectivity index (χ4v) is 4.30. The van der Waals surface area contributed by atoms with E-state index in [4.69, 9.17) is 0 Å². The molecule has 0 aliphatic heterocycles. The Labute approximate surface area is 177 Å². The number of fused-ring (bicyclic) bond motifs is 1. The largest absolute Gasteiger partial charge is 0.342 e. The summed E-state index contributed by atoms with van der Waals surface area (Å²) >= 11 is 1.46. The van der Waals surface area contributed by atoms with Gasteiger partial charge in [0.05, 0.1) is 18.3 Å². The predicted octanol–water partition coefficient (Wildman–Crippen LogP) is 4.43. The van der Waals surface area contributed by atoms with Crippen LogP contribution in [0, 0.1) is 0 Å². The van der Waals surface area contributed by atoms with Gasteiger partial charge in [-0.1, -0.05) is 60.7 Å². The molecule has 1 N–H and O–H groups in total. The summed E-state index contributed by atoms with van der Waals surface area (Å²) in [5, 5.41) is 9.31. The number of carbonyl (C=O) groups is 1. The number of thiazole rings is 1. The number of nitrogens with one attached hydrogen (secondary N) is 1. The van der Waals surface area contributed by atoms with Crippen molar-refractivity contribution in [1.29, 1.82) is 0 Å². The van der Waals surface area contributed by atoms with E-state index in [-0.39, 0.29) is 11.9 Å². The maximum absolute atomic E-state index is 13.2. The van der Waals surface area contributed by atoms with Gasteiger partial charge in [-0.2, -0.15) is 5.10 Å². The minimum Gasteiger partial charge on any atom is -0.342 e. The second-order valence-corrected chi connectivity index (χ2v) is 7.77. The van der Waals surface area contributed by atoms with E-state index in [2.05, 4.69) is 15.4 Å². The second-order valence-electron chi connectivity index (χ2n) is 6.93. The van der Waals surface area contributed by atoms with Crippen molar-refractivity contribution in [2.75, 3.05) is 0 Å². The van der Waals surface area contributed by atoms with Crippen LogP contribution in [0.5, 0.6) is 0 Å². The summed E-state index contributed by atoms with van der Waals surface area (Å²) < 4.78 is 3.68. The van der Waals surface area contributed by atoms with E-state index in [1.807, 2.05) is 93.6 Å². The third-order valence-corrected chi connectivity index (χ3v) is 5.79. The molecule has 0 aliphatic carbocycles. The maximum atomic E-state index is 13.2. The van der Waals surface area contributed by atoms with Gasteiger partial charge < -0.3 is 5.32 Å². The first-order chi connectivity index (χ1) is 14.8. The Morgan fingerprint density at radius 2 is 1.80 bits per heavy atom. The molecule has 5 aromatic rings. The van der Waals surface area contributed by atoms with Crippen molar-refractivity contribution >= 4 is 22.2 Å². The van der Waals surface area contributed by atoms with Crippen LogP contribution in [-0.4, -0.2) is 25.1 Å². The van der Waals surface area contributed by atoms with E-state index >= 15 is 0 Å². The standard InChI is InChI=1S/C23H19N5OS/c29-22(25-19(14-27-13-7-12-24-27)17-8-3-1-4-9-17)21-16-30-23-26-20(15-28(21)23)18-10-5-2-6-11-18/h1-13,15-16,19H,14H2,(H,25,29)/t19-/m1/s1. The number of hydrogen-bond acceptors (Lipinski definition) is 4. The molecule has 3 heterocycles. The number of nitrogens with zero attached hydrogens (tertiary/aromatic N) is 4. The minimum atomic E-state index is -0.203. The summed E-state index contributed by atoms with van der Waals surface area (Å²) in [5.74, 6) is -0.140. The highest BCUT2D eigenvalue weighted by molar-refractivity contribution is 7.15. The monoisotopic (exact) mass is 413 g/mol. The first-order valence-corrected chi connectivity index (χ1v) is 10.5. The van der Waals surface area contributed by atoms with Gasteiger partial charge in [-0.25, -0.2) is 4.98 Å². The Kier molecular flexibility index (Phi) is 4.86. The topological polar surface area (TPSA) is 64.2 Å². The SMILES string of the molecule is O=C(N[C@H](Cn1cccn1)c1ccccc1)c1csc2nc(-c3ccccc3)cn12. The number of benzene rings is 2. The van der Waals surface area contributed by atoms with Crippen molar-refractivity contribution in [3.05, 3.63) is 102 Å². The van der Waals surface area contributed by atoms with Gasteiger partial charge >= 0.3 is 0 Å². The zero-order valence-corrected chi connectivity index (χ0v) is 16.9. The lowest BCUT2D eigenvalue weighted by Crippen LogP contribution is -2.32. The molecule has 30 heavy (non-hydrogen) atoms. The second kappa shape index (κ2) is 7.96. The zero-order chi connectivity index (χ0) is 20.3. The number of imidazole rings is 1. The van der Waals surface area contributed by atoms with E-state index < -0.39 is 0 Å². The van der Waals surface area contributed by atoms with Crippen LogP contribution in [0.1, 0.15) is 22.1 Å². The smallest absolute Gasteiger partial charge is 0.269 e. The molecule has 7 heteroatoms. The lowest BCUT2D eigenvalue weighted by Gasteiger charge is -2.19. The van der Waals surface area contributed by atoms with E-state index in [0.717, 1.165) is 21.8 Å². The lowest BCUT2D eigenvalue weighted by molar-refractivity contribution is 0.0926. The van der Waals surface area contributed by atoms with E-state index in [1.54, 1.807) is 6.20 Å². The third kappa shape index (κ3) is 3.62. The molecule has 0 aliphatic rings. The van der Waals surface area contributed by atoms with Crippen LogP contribution in [0.15, 0.2) is 90.7 Å². The molecule has 0 unspecified atom stereocenters. The van der Waals surface area contributed by atoms with Crippen LogP contribution in [-0.2, 0) is 6.54 Å². The Morgan fingerprint density at radius 3 is 2.53 bits per heavy atom. The maximum Gasteiger partial charge on any atom is 0.269 e. The summed E-state index contributed by atoms with van der Waals surface area (Å²) in [7, 11) is 0. The van der Waals surface area contributed by atoms with Crippen LogP contribution in [0.2, 0.25) is 0 Å². The fraction of sp³-hybridized carbons (Fsp3) is 0.0870. The van der Waals surface area contributed by atoms with Crippen LogP contribution >= 0.6 is 11.3 Å². The molecular weight excluding hydrogens is 394 g/mol. The lowest BCUT2D eigenvalue weighted by atomic mass is 10.1. The van der Waals surface area contributed by atoms with Gasteiger partial charge in [0.1, 0.15) is 5.69 Å². The Morgan fingerprint density at radius 1 is 1.03 bits per heavy atom. The third-order valence-electron chi connectivity index (χ3n) is 4.95. The van der Waals surface area contributed by atoms with E-state index in [0.29, 0.717) is 12.2 Å². The van der Waals surface area contributed by atoms with Crippen molar-refractivity contribution in [1.82, 2.24) is 24.5 Å². The van der Waals surface area contributed by atoms with Crippen molar-refractivity contribution in [3.63, 3.8) is 0 Å². The number of hydrogen-bond donors (Lipinski definition) is 1. The van der Waals surface area contributed by atoms with Crippen LogP contribution in [0.3, 0.4) is 0 Å². The number of carbonyl (C=O) groups excluding carboxylic acids is 1. The van der Waals surface area contributed by atoms with Crippen LogP contribution in [0.25, 0.3) is 16.2 Å². The summed E-state index contributed by atoms with van der Waals surface area (Å²) in [6, 6.07) is 21.6. The highest BCUT2D eigenvalue weighted by atomic mass is 32.1. The molecule has 0 radical (unpaired) electrons. The van der Waals surface area contributed by atoms with Gasteiger partial charge in [-0.05, 0) is 11.6 Å². The zero-order valence-electron chi connectivity index (χ0n) is 16.1. The molecule has 3 aromatic heterocycles. The number of aromatic nitrogens is 4. The molecule has 0 bridgehead atoms. The minimum absolute atomic E-state index is 0.140. The molecule has 0 fully saturated rings. The summed E-state index contributed by atoms with van der Waals surface area (Å²) in [5.41, 5.74) is 3.49. The molecule has 148 valence electrons. The first kappa shape index (κ1) is 18.3. The number of amides is 1. The molecule has 5 rings (SSSR count). The molecular formula is C23H19N5OS. The first-order valence-electron chi connectivity index (χ1n) is 9.63. The van der Waals surface area contributed by atoms with Gasteiger partial charge in [-0.15, -0.1) is 11.3 Å². The van der Waals surface area contributed by atoms with Gasteiger partial charge in [0, 0.05) is 29.5 Å². The normalized spacial score (nSPS) is 12.1. The van der Waals surface area contributed by atoms with Gasteiger partial charge in [0.25, 0.3) is 5.91 Å². The molecule has 0 saturated heterocycles. The van der Waals surface area contributed by atoms with Crippen molar-refractivity contribution in [3.8, 4) is 11.3 Å². The molecule has 1 atom stereocenters. The highest BCUT2D eigenvalue weighted by Crippen LogP contribution is 2.24. The van der Waals surface area contributed by atoms with Crippen molar-refractivity contribution in [2.45, 2.75) is 12.6 Å². The molecule has 6 nitrogen and oxygen atoms in total. The quantitative estimate of drug-likeness (QED) is 0.448. The molecule has 0 saturated carbocycles. The van der Waals surface area contributed by atoms with E-state index in [1.165, 1.54) is 11.3 Å². The van der Waals surface area contributed by atoms with Crippen LogP contribution in [0.4, 0.5) is 0 Å². The Hall–Kier alpha value is -3.71. The van der Waals surface area contributed by atoms with Crippen molar-refractivity contribution < 1.29 is 4.79 Å². The predicted molar refractivity (Wildman–Crippen MR) is 117 cm³/mol. The Balaban J connectivity index is 1.44. The number of rotatable bonds is 6. The van der Waals surface area contributed by atoms with Gasteiger partial charge in [-0.3, -0.25) is 13.9 Å². The molecule has 2 aromatic carbocycles. The highest BCUT2D eigenvalue weighted by Gasteiger charge is 2.20. The van der Waals surface area contributed by atoms with Crippen molar-refractivity contribution in [2.24, 2.45) is 0 Å². The average molecular weight is 414 g/mol.